The van der Waals surface area contributed by atoms with Crippen molar-refractivity contribution < 1.29 is 4.79 Å². The SMILES string of the molecule is Cl.O=C(NCCc1ccc(-c2ccc(Cl)c(Cl)c2)cc1)C1CCCCN1. The van der Waals surface area contributed by atoms with Gasteiger partial charge in [0, 0.05) is 6.54 Å². The van der Waals surface area contributed by atoms with Crippen molar-refractivity contribution in [1.29, 1.82) is 0 Å². The third kappa shape index (κ3) is 5.62. The zero-order chi connectivity index (χ0) is 17.6. The van der Waals surface area contributed by atoms with E-state index in [9.17, 15) is 4.79 Å². The average Bonchev–Trinajstić information content (AvgIpc) is 2.65. The number of piperidine rings is 1. The predicted octanol–water partition coefficient (Wildman–Crippen LogP) is 4.88. The molecular weight excluding hydrogens is 391 g/mol. The maximum absolute atomic E-state index is 12.1. The number of carbonyl (C=O) groups excluding carboxylic acids is 1. The number of halogens is 3. The second-order valence-electron chi connectivity index (χ2n) is 6.37. The van der Waals surface area contributed by atoms with Gasteiger partial charge in [-0.15, -0.1) is 12.4 Å². The van der Waals surface area contributed by atoms with E-state index in [1.807, 2.05) is 18.2 Å². The summed E-state index contributed by atoms with van der Waals surface area (Å²) < 4.78 is 0. The van der Waals surface area contributed by atoms with Gasteiger partial charge in [-0.05, 0) is 54.6 Å². The normalized spacial score (nSPS) is 16.6. The zero-order valence-corrected chi connectivity index (χ0v) is 16.8. The van der Waals surface area contributed by atoms with Crippen molar-refractivity contribution in [2.45, 2.75) is 31.7 Å². The van der Waals surface area contributed by atoms with Crippen molar-refractivity contribution in [3.05, 3.63) is 58.1 Å². The molecule has 1 atom stereocenters. The third-order valence-corrected chi connectivity index (χ3v) is 5.29. The summed E-state index contributed by atoms with van der Waals surface area (Å²) in [6.07, 6.45) is 4.04. The van der Waals surface area contributed by atoms with Crippen LogP contribution in [0.2, 0.25) is 10.0 Å². The number of nitrogens with one attached hydrogen (secondary N) is 2. The fourth-order valence-corrected chi connectivity index (χ4v) is 3.37. The van der Waals surface area contributed by atoms with E-state index in [4.69, 9.17) is 23.2 Å². The summed E-state index contributed by atoms with van der Waals surface area (Å²) in [6, 6.07) is 13.9. The summed E-state index contributed by atoms with van der Waals surface area (Å²) >= 11 is 12.0. The van der Waals surface area contributed by atoms with Gasteiger partial charge >= 0.3 is 0 Å². The monoisotopic (exact) mass is 412 g/mol. The molecule has 3 rings (SSSR count). The summed E-state index contributed by atoms with van der Waals surface area (Å²) in [5, 5.41) is 7.41. The Balaban J connectivity index is 0.00000243. The second-order valence-corrected chi connectivity index (χ2v) is 7.18. The summed E-state index contributed by atoms with van der Waals surface area (Å²) in [5.74, 6) is 0.118. The van der Waals surface area contributed by atoms with E-state index < -0.39 is 0 Å². The Morgan fingerprint density at radius 1 is 1.04 bits per heavy atom. The molecule has 0 aromatic heterocycles. The van der Waals surface area contributed by atoms with E-state index in [1.54, 1.807) is 0 Å². The molecular formula is C20H23Cl3N2O. The number of rotatable bonds is 5. The lowest BCUT2D eigenvalue weighted by Gasteiger charge is -2.22. The van der Waals surface area contributed by atoms with Gasteiger partial charge in [-0.25, -0.2) is 0 Å². The minimum Gasteiger partial charge on any atom is -0.354 e. The van der Waals surface area contributed by atoms with Crippen molar-refractivity contribution in [1.82, 2.24) is 10.6 Å². The zero-order valence-electron chi connectivity index (χ0n) is 14.4. The lowest BCUT2D eigenvalue weighted by atomic mass is 10.0. The molecule has 3 nitrogen and oxygen atoms in total. The standard InChI is InChI=1S/C20H22Cl2N2O.ClH/c21-17-9-8-16(13-18(17)22)15-6-4-14(5-7-15)10-12-24-20(25)19-3-1-2-11-23-19;/h4-9,13,19,23H,1-3,10-12H2,(H,24,25);1H. The van der Waals surface area contributed by atoms with Crippen LogP contribution in [0.4, 0.5) is 0 Å². The highest BCUT2D eigenvalue weighted by Crippen LogP contribution is 2.28. The first-order valence-electron chi connectivity index (χ1n) is 8.69. The van der Waals surface area contributed by atoms with Crippen LogP contribution in [0.3, 0.4) is 0 Å². The minimum absolute atomic E-state index is 0. The van der Waals surface area contributed by atoms with Crippen LogP contribution in [0.5, 0.6) is 0 Å². The topological polar surface area (TPSA) is 41.1 Å². The third-order valence-electron chi connectivity index (χ3n) is 4.55. The first-order chi connectivity index (χ1) is 12.1. The first-order valence-corrected chi connectivity index (χ1v) is 9.44. The van der Waals surface area contributed by atoms with Crippen molar-refractivity contribution >= 4 is 41.5 Å². The molecule has 26 heavy (non-hydrogen) atoms. The Kier molecular flexibility index (Phi) is 8.23. The van der Waals surface area contributed by atoms with Gasteiger partial charge in [-0.3, -0.25) is 4.79 Å². The smallest absolute Gasteiger partial charge is 0.237 e. The Morgan fingerprint density at radius 2 is 1.77 bits per heavy atom. The number of carbonyl (C=O) groups is 1. The molecule has 1 unspecified atom stereocenters. The van der Waals surface area contributed by atoms with Crippen molar-refractivity contribution in [3.8, 4) is 11.1 Å². The van der Waals surface area contributed by atoms with Crippen LogP contribution in [-0.4, -0.2) is 25.0 Å². The molecule has 0 radical (unpaired) electrons. The van der Waals surface area contributed by atoms with Crippen LogP contribution in [0.25, 0.3) is 11.1 Å². The fourth-order valence-electron chi connectivity index (χ4n) is 3.07. The molecule has 1 amide bonds. The Labute approximate surface area is 170 Å². The fraction of sp³-hybridized carbons (Fsp3) is 0.350. The molecule has 0 spiro atoms. The second kappa shape index (κ2) is 10.2. The van der Waals surface area contributed by atoms with Gasteiger partial charge in [0.25, 0.3) is 0 Å². The molecule has 0 aliphatic carbocycles. The van der Waals surface area contributed by atoms with Crippen molar-refractivity contribution in [3.63, 3.8) is 0 Å². The van der Waals surface area contributed by atoms with Gasteiger partial charge < -0.3 is 10.6 Å². The summed E-state index contributed by atoms with van der Waals surface area (Å²) in [6.45, 7) is 1.59. The summed E-state index contributed by atoms with van der Waals surface area (Å²) in [4.78, 5) is 12.1. The van der Waals surface area contributed by atoms with Crippen molar-refractivity contribution in [2.75, 3.05) is 13.1 Å². The molecule has 6 heteroatoms. The molecule has 2 N–H and O–H groups in total. The Hall–Kier alpha value is -1.26. The quantitative estimate of drug-likeness (QED) is 0.733. The van der Waals surface area contributed by atoms with E-state index in [0.29, 0.717) is 16.6 Å². The van der Waals surface area contributed by atoms with Gasteiger partial charge in [-0.1, -0.05) is 60.0 Å². The summed E-state index contributed by atoms with van der Waals surface area (Å²) in [7, 11) is 0. The molecule has 140 valence electrons. The Morgan fingerprint density at radius 3 is 2.42 bits per heavy atom. The molecule has 1 aliphatic heterocycles. The van der Waals surface area contributed by atoms with Gasteiger partial charge in [0.15, 0.2) is 0 Å². The van der Waals surface area contributed by atoms with Crippen LogP contribution in [0.15, 0.2) is 42.5 Å². The molecule has 2 aromatic carbocycles. The molecule has 0 bridgehead atoms. The number of benzene rings is 2. The first kappa shape index (κ1) is 21.0. The minimum atomic E-state index is -0.0224. The molecule has 1 aliphatic rings. The Bertz CT molecular complexity index is 728. The van der Waals surface area contributed by atoms with E-state index in [0.717, 1.165) is 43.4 Å². The average molecular weight is 414 g/mol. The van der Waals surface area contributed by atoms with Gasteiger partial charge in [-0.2, -0.15) is 0 Å². The van der Waals surface area contributed by atoms with Crippen LogP contribution in [0, 0.1) is 0 Å². The highest BCUT2D eigenvalue weighted by Gasteiger charge is 2.19. The number of hydrogen-bond donors (Lipinski definition) is 2. The largest absolute Gasteiger partial charge is 0.354 e. The van der Waals surface area contributed by atoms with Gasteiger partial charge in [0.2, 0.25) is 5.91 Å². The molecule has 0 saturated carbocycles. The molecule has 1 saturated heterocycles. The lowest BCUT2D eigenvalue weighted by molar-refractivity contribution is -0.123. The number of hydrogen-bond acceptors (Lipinski definition) is 2. The van der Waals surface area contributed by atoms with Gasteiger partial charge in [0.05, 0.1) is 16.1 Å². The molecule has 2 aromatic rings. The van der Waals surface area contributed by atoms with Crippen molar-refractivity contribution in [2.24, 2.45) is 0 Å². The maximum atomic E-state index is 12.1. The van der Waals surface area contributed by atoms with Crippen LogP contribution < -0.4 is 10.6 Å². The predicted molar refractivity (Wildman–Crippen MR) is 112 cm³/mol. The van der Waals surface area contributed by atoms with E-state index in [1.165, 1.54) is 5.56 Å². The lowest BCUT2D eigenvalue weighted by Crippen LogP contribution is -2.47. The van der Waals surface area contributed by atoms with E-state index in [-0.39, 0.29) is 24.4 Å². The molecule has 1 heterocycles. The van der Waals surface area contributed by atoms with E-state index >= 15 is 0 Å². The van der Waals surface area contributed by atoms with Crippen LogP contribution in [-0.2, 0) is 11.2 Å². The highest BCUT2D eigenvalue weighted by atomic mass is 35.5. The van der Waals surface area contributed by atoms with Gasteiger partial charge in [0.1, 0.15) is 0 Å². The number of amides is 1. The van der Waals surface area contributed by atoms with E-state index in [2.05, 4.69) is 34.9 Å². The van der Waals surface area contributed by atoms with Crippen LogP contribution in [0.1, 0.15) is 24.8 Å². The summed E-state index contributed by atoms with van der Waals surface area (Å²) in [5.41, 5.74) is 3.33. The maximum Gasteiger partial charge on any atom is 0.237 e. The molecule has 1 fully saturated rings. The highest BCUT2D eigenvalue weighted by molar-refractivity contribution is 6.42. The van der Waals surface area contributed by atoms with Crippen LogP contribution >= 0.6 is 35.6 Å².